The van der Waals surface area contributed by atoms with Crippen molar-refractivity contribution in [3.05, 3.63) is 109 Å². The molecule has 10 heteroatoms. The summed E-state index contributed by atoms with van der Waals surface area (Å²) in [6, 6.07) is -0.915. The first-order valence-corrected chi connectivity index (χ1v) is 32.7. The van der Waals surface area contributed by atoms with Gasteiger partial charge in [0.15, 0.2) is 0 Å². The molecule has 0 spiro atoms. The van der Waals surface area contributed by atoms with Gasteiger partial charge >= 0.3 is 5.97 Å². The fourth-order valence-corrected chi connectivity index (χ4v) is 9.25. The number of ether oxygens (including phenoxy) is 1. The summed E-state index contributed by atoms with van der Waals surface area (Å²) in [6.07, 6.45) is 76.2. The maximum Gasteiger partial charge on any atom is 0.306 e. The largest absolute Gasteiger partial charge is 0.756 e. The van der Waals surface area contributed by atoms with Crippen molar-refractivity contribution in [1.82, 2.24) is 5.32 Å². The molecule has 0 aromatic carbocycles. The van der Waals surface area contributed by atoms with Crippen LogP contribution in [0.2, 0.25) is 0 Å². The molecule has 0 saturated heterocycles. The zero-order valence-electron chi connectivity index (χ0n) is 50.4. The standard InChI is InChI=1S/C67H117N2O7P/c1-7-10-13-16-19-22-25-28-30-32-33-34-35-37-38-41-44-47-50-53-56-59-66(70)68-64(63-75-77(72,73)74-62-61-69(4,5)6)65(58-55-52-49-46-43-40-27-24-21-18-15-12-9-3)76-67(71)60-57-54-51-48-45-42-39-36-31-29-26-23-20-17-14-11-8-2/h11,14,17,19-20,22-23,26,28-31,36,39,42,45,55,58,64-65H,7-10,12-13,15-16,18,21,24-25,27,32-35,37-38,40-41,43-44,46-54,56-57,59-63H2,1-6H3,(H-,68,70,72,73)/b14-11-,20-17+,22-19-,26-23+,30-28-,31-29-,39-36+,45-42+,58-55-. The number of rotatable bonds is 55. The smallest absolute Gasteiger partial charge is 0.306 e. The van der Waals surface area contributed by atoms with Gasteiger partial charge < -0.3 is 28.5 Å². The van der Waals surface area contributed by atoms with Crippen molar-refractivity contribution in [3.8, 4) is 0 Å². The lowest BCUT2D eigenvalue weighted by atomic mass is 10.0. The van der Waals surface area contributed by atoms with Crippen molar-refractivity contribution in [1.29, 1.82) is 0 Å². The summed E-state index contributed by atoms with van der Waals surface area (Å²) in [7, 11) is 1.14. The van der Waals surface area contributed by atoms with Crippen molar-refractivity contribution in [2.24, 2.45) is 0 Å². The first-order chi connectivity index (χ1) is 37.4. The summed E-state index contributed by atoms with van der Waals surface area (Å²) in [5, 5.41) is 3.02. The summed E-state index contributed by atoms with van der Waals surface area (Å²) in [5.41, 5.74) is 0. The minimum atomic E-state index is -4.72. The molecule has 0 fully saturated rings. The maximum absolute atomic E-state index is 13.5. The zero-order chi connectivity index (χ0) is 56.4. The monoisotopic (exact) mass is 1090 g/mol. The van der Waals surface area contributed by atoms with E-state index in [0.717, 1.165) is 77.0 Å². The Kier molecular flexibility index (Phi) is 53.5. The number of esters is 1. The minimum Gasteiger partial charge on any atom is -0.756 e. The second kappa shape index (κ2) is 56.0. The Labute approximate surface area is 474 Å². The zero-order valence-corrected chi connectivity index (χ0v) is 51.3. The third kappa shape index (κ3) is 57.2. The number of hydrogen-bond donors (Lipinski definition) is 1. The SMILES string of the molecule is CC\C=C/C=C/C=C/C=C\C=C\C=C\CCCCCC(=O)OC(/C=C\CCCCCCCCCCCCC)C(COP(=O)([O-])OCC[N+](C)(C)C)NC(=O)CCCCCCCCCCCCC/C=C\C/C=C\CCCCC. The second-order valence-electron chi connectivity index (χ2n) is 22.0. The summed E-state index contributed by atoms with van der Waals surface area (Å²) in [6.45, 7) is 6.64. The van der Waals surface area contributed by atoms with Crippen molar-refractivity contribution in [2.45, 2.75) is 264 Å². The Balaban J connectivity index is 5.34. The number of nitrogens with one attached hydrogen (secondary N) is 1. The molecular weight excluding hydrogens is 976 g/mol. The number of carbonyl (C=O) groups excluding carboxylic acids is 2. The average molecular weight is 1090 g/mol. The van der Waals surface area contributed by atoms with E-state index in [9.17, 15) is 19.0 Å². The molecule has 3 atom stereocenters. The summed E-state index contributed by atoms with van der Waals surface area (Å²) in [4.78, 5) is 40.0. The number of phosphoric ester groups is 1. The summed E-state index contributed by atoms with van der Waals surface area (Å²) >= 11 is 0. The van der Waals surface area contributed by atoms with Crippen LogP contribution < -0.4 is 10.2 Å². The number of likely N-dealkylation sites (N-methyl/N-ethyl adjacent to an activating group) is 1. The lowest BCUT2D eigenvalue weighted by Crippen LogP contribution is -2.47. The van der Waals surface area contributed by atoms with E-state index in [1.807, 2.05) is 94.1 Å². The van der Waals surface area contributed by atoms with Crippen molar-refractivity contribution in [3.63, 3.8) is 0 Å². The quantitative estimate of drug-likeness (QED) is 0.0161. The van der Waals surface area contributed by atoms with Gasteiger partial charge in [-0.25, -0.2) is 0 Å². The highest BCUT2D eigenvalue weighted by atomic mass is 31.2. The van der Waals surface area contributed by atoms with Gasteiger partial charge in [0.2, 0.25) is 5.91 Å². The van der Waals surface area contributed by atoms with Gasteiger partial charge in [-0.05, 0) is 83.1 Å². The van der Waals surface area contributed by atoms with Gasteiger partial charge in [-0.2, -0.15) is 0 Å². The van der Waals surface area contributed by atoms with Crippen LogP contribution in [0.4, 0.5) is 0 Å². The molecule has 442 valence electrons. The Bertz CT molecular complexity index is 1690. The number of hydrogen-bond acceptors (Lipinski definition) is 7. The molecule has 0 aromatic rings. The fourth-order valence-electron chi connectivity index (χ4n) is 8.52. The average Bonchev–Trinajstić information content (AvgIpc) is 3.39. The van der Waals surface area contributed by atoms with Gasteiger partial charge in [0, 0.05) is 12.8 Å². The molecule has 1 N–H and O–H groups in total. The number of nitrogens with zero attached hydrogens (tertiary/aromatic N) is 1. The predicted molar refractivity (Wildman–Crippen MR) is 330 cm³/mol. The van der Waals surface area contributed by atoms with Crippen LogP contribution in [0, 0.1) is 0 Å². The second-order valence-corrected chi connectivity index (χ2v) is 23.4. The first-order valence-electron chi connectivity index (χ1n) is 31.3. The highest BCUT2D eigenvalue weighted by molar-refractivity contribution is 7.45. The van der Waals surface area contributed by atoms with E-state index < -0.39 is 26.6 Å². The lowest BCUT2D eigenvalue weighted by molar-refractivity contribution is -0.870. The van der Waals surface area contributed by atoms with Gasteiger partial charge in [-0.3, -0.25) is 14.2 Å². The molecule has 0 rings (SSSR count). The third-order valence-electron chi connectivity index (χ3n) is 13.3. The number of carbonyl (C=O) groups is 2. The van der Waals surface area contributed by atoms with E-state index in [1.54, 1.807) is 0 Å². The number of amides is 1. The molecule has 0 heterocycles. The van der Waals surface area contributed by atoms with Crippen LogP contribution in [0.3, 0.4) is 0 Å². The van der Waals surface area contributed by atoms with Crippen molar-refractivity contribution < 1.29 is 37.3 Å². The Morgan fingerprint density at radius 3 is 1.39 bits per heavy atom. The number of unbranched alkanes of at least 4 members (excludes halogenated alkanes) is 28. The number of quaternary nitrogens is 1. The molecule has 3 unspecified atom stereocenters. The molecule has 0 aliphatic carbocycles. The minimum absolute atomic E-state index is 0.0356. The molecule has 77 heavy (non-hydrogen) atoms. The summed E-state index contributed by atoms with van der Waals surface area (Å²) < 4.78 is 30.3. The van der Waals surface area contributed by atoms with Gasteiger partial charge in [-0.15, -0.1) is 0 Å². The highest BCUT2D eigenvalue weighted by Gasteiger charge is 2.27. The molecule has 0 bridgehead atoms. The molecule has 9 nitrogen and oxygen atoms in total. The molecule has 0 radical (unpaired) electrons. The normalized spacial score (nSPS) is 14.4. The van der Waals surface area contributed by atoms with Gasteiger partial charge in [0.05, 0.1) is 33.8 Å². The maximum atomic E-state index is 13.5. The van der Waals surface area contributed by atoms with E-state index in [0.29, 0.717) is 23.9 Å². The van der Waals surface area contributed by atoms with Crippen LogP contribution in [0.15, 0.2) is 109 Å². The molecule has 0 aromatic heterocycles. The number of allylic oxidation sites excluding steroid dienone is 17. The van der Waals surface area contributed by atoms with Gasteiger partial charge in [0.1, 0.15) is 19.3 Å². The molecular formula is C67H117N2O7P. The number of phosphoric acid groups is 1. The molecule has 0 saturated carbocycles. The van der Waals surface area contributed by atoms with E-state index >= 15 is 0 Å². The van der Waals surface area contributed by atoms with Crippen LogP contribution in [0.5, 0.6) is 0 Å². The van der Waals surface area contributed by atoms with Crippen LogP contribution in [-0.2, 0) is 27.9 Å². The van der Waals surface area contributed by atoms with E-state index in [4.69, 9.17) is 13.8 Å². The summed E-state index contributed by atoms with van der Waals surface area (Å²) in [5.74, 6) is -0.598. The topological polar surface area (TPSA) is 114 Å². The van der Waals surface area contributed by atoms with Gasteiger partial charge in [-0.1, -0.05) is 265 Å². The van der Waals surface area contributed by atoms with Crippen molar-refractivity contribution in [2.75, 3.05) is 40.9 Å². The van der Waals surface area contributed by atoms with E-state index in [1.165, 1.54) is 135 Å². The predicted octanol–water partition coefficient (Wildman–Crippen LogP) is 18.7. The first kappa shape index (κ1) is 73.7. The Morgan fingerprint density at radius 1 is 0.481 bits per heavy atom. The van der Waals surface area contributed by atoms with Crippen LogP contribution in [0.1, 0.15) is 252 Å². The van der Waals surface area contributed by atoms with Gasteiger partial charge in [0.25, 0.3) is 7.82 Å². The van der Waals surface area contributed by atoms with E-state index in [2.05, 4.69) is 62.5 Å². The molecule has 0 aliphatic heterocycles. The lowest BCUT2D eigenvalue weighted by Gasteiger charge is -2.30. The van der Waals surface area contributed by atoms with E-state index in [-0.39, 0.29) is 24.9 Å². The Morgan fingerprint density at radius 2 is 0.883 bits per heavy atom. The molecule has 0 aliphatic rings. The van der Waals surface area contributed by atoms with Crippen LogP contribution >= 0.6 is 7.82 Å². The van der Waals surface area contributed by atoms with Crippen molar-refractivity contribution >= 4 is 19.7 Å². The van der Waals surface area contributed by atoms with Crippen LogP contribution in [-0.4, -0.2) is 69.4 Å². The Hall–Kier alpha value is -3.33. The van der Waals surface area contributed by atoms with Crippen LogP contribution in [0.25, 0.3) is 0 Å². The third-order valence-corrected chi connectivity index (χ3v) is 14.3. The fraction of sp³-hybridized carbons (Fsp3) is 0.701. The highest BCUT2D eigenvalue weighted by Crippen LogP contribution is 2.38. The molecule has 1 amide bonds.